The number of H-pyrrole nitrogens is 3. The average molecular weight is 1570 g/mol. The number of aliphatic hydroxyl groups is 2. The number of para-hydroxylation sites is 1. The lowest BCUT2D eigenvalue weighted by Crippen LogP contribution is -2.60. The minimum absolute atomic E-state index is 0.0137. The van der Waals surface area contributed by atoms with Crippen LogP contribution < -0.4 is 86.7 Å². The Bertz CT molecular complexity index is 4040. The molecule has 14 amide bonds. The van der Waals surface area contributed by atoms with E-state index >= 15 is 0 Å². The summed E-state index contributed by atoms with van der Waals surface area (Å²) in [6, 6.07) is -2.63. The van der Waals surface area contributed by atoms with Crippen LogP contribution in [0.15, 0.2) is 85.8 Å². The fraction of sp³-hybridized carbons (Fsp3) is 0.478. The van der Waals surface area contributed by atoms with Crippen LogP contribution in [0.1, 0.15) is 87.2 Å². The normalized spacial score (nSPS) is 15.4. The molecule has 602 valence electrons. The molecule has 4 heterocycles. The Labute approximate surface area is 640 Å². The molecule has 12 atom stereocenters. The summed E-state index contributed by atoms with van der Waals surface area (Å²) >= 11 is 1.44. The SMILES string of the molecule is CSCC[C@H](N)C(=O)N[C@@H](CCC(N)=O)C(=O)N[C@@H](Cc1c[nH]c2ccccc12)C(=O)N[C@@H](Cc1c[nH]cn1)C(=O)N[C@@H](CCC(N)=O)C(=O)N[C@@H](CCCNC(=N)N)C(=O)NCC(=O)N[C@@H](C)C(=O)N[C@@H](Cc1ccccc1)C(=O)N[C@@H](Cc1c[nH]cn1)C(=O)N1CCC[C@H]1C(=O)N[C@@H](CO)C(=O)N[C@@H](CO)C(=O)O. The predicted octanol–water partition coefficient (Wildman–Crippen LogP) is -7.20. The van der Waals surface area contributed by atoms with Crippen LogP contribution in [-0.2, 0) is 97.6 Å². The molecule has 27 N–H and O–H groups in total. The van der Waals surface area contributed by atoms with E-state index in [4.69, 9.17) is 28.3 Å². The van der Waals surface area contributed by atoms with E-state index in [-0.39, 0.29) is 95.1 Å². The van der Waals surface area contributed by atoms with E-state index in [1.165, 1.54) is 43.7 Å². The van der Waals surface area contributed by atoms with Crippen LogP contribution in [0.25, 0.3) is 10.9 Å². The number of nitrogens with zero attached hydrogens (tertiary/aromatic N) is 3. The van der Waals surface area contributed by atoms with Gasteiger partial charge in [-0.15, -0.1) is 0 Å². The molecular weight excluding hydrogens is 1470 g/mol. The molecule has 0 bridgehead atoms. The molecule has 2 aromatic carbocycles. The summed E-state index contributed by atoms with van der Waals surface area (Å²) in [5, 5.41) is 66.9. The summed E-state index contributed by atoms with van der Waals surface area (Å²) in [6.07, 6.45) is 6.58. The highest BCUT2D eigenvalue weighted by Crippen LogP contribution is 2.22. The zero-order valence-electron chi connectivity index (χ0n) is 61.0. The topological polar surface area (TPSA) is 665 Å². The van der Waals surface area contributed by atoms with E-state index in [1.54, 1.807) is 60.8 Å². The number of aromatic nitrogens is 5. The van der Waals surface area contributed by atoms with Gasteiger partial charge in [0.15, 0.2) is 5.96 Å². The van der Waals surface area contributed by atoms with Gasteiger partial charge in [0.05, 0.1) is 49.8 Å². The molecule has 5 aromatic rings. The van der Waals surface area contributed by atoms with Gasteiger partial charge in [-0.1, -0.05) is 48.5 Å². The number of carbonyl (C=O) groups excluding carboxylic acids is 14. The Balaban J connectivity index is 1.17. The largest absolute Gasteiger partial charge is 0.480 e. The summed E-state index contributed by atoms with van der Waals surface area (Å²) in [6.45, 7) is -1.61. The number of benzene rings is 2. The second kappa shape index (κ2) is 44.4. The van der Waals surface area contributed by atoms with Crippen molar-refractivity contribution in [1.29, 1.82) is 5.41 Å². The molecule has 3 aromatic heterocycles. The number of nitrogens with one attached hydrogen (secondary N) is 16. The molecule has 6 rings (SSSR count). The number of aliphatic hydroxyl groups excluding tert-OH is 2. The molecule has 0 radical (unpaired) electrons. The number of carbonyl (C=O) groups is 15. The number of amides is 14. The quantitative estimate of drug-likeness (QED) is 0.00977. The Morgan fingerprint density at radius 2 is 1.07 bits per heavy atom. The molecule has 0 saturated carbocycles. The molecule has 0 unspecified atom stereocenters. The van der Waals surface area contributed by atoms with Crippen LogP contribution in [0.2, 0.25) is 0 Å². The first-order valence-electron chi connectivity index (χ1n) is 35.5. The Morgan fingerprint density at radius 3 is 1.63 bits per heavy atom. The molecule has 111 heavy (non-hydrogen) atoms. The highest BCUT2D eigenvalue weighted by molar-refractivity contribution is 7.98. The number of carboxylic acid groups (broad SMARTS) is 1. The van der Waals surface area contributed by atoms with E-state index in [2.05, 4.69) is 83.4 Å². The van der Waals surface area contributed by atoms with Gasteiger partial charge in [0.25, 0.3) is 0 Å². The highest BCUT2D eigenvalue weighted by atomic mass is 32.2. The maximum Gasteiger partial charge on any atom is 0.328 e. The summed E-state index contributed by atoms with van der Waals surface area (Å²) in [7, 11) is 0. The number of fused-ring (bicyclic) bond motifs is 1. The lowest BCUT2D eigenvalue weighted by molar-refractivity contribution is -0.144. The fourth-order valence-corrected chi connectivity index (χ4v) is 12.2. The molecule has 0 aliphatic carbocycles. The van der Waals surface area contributed by atoms with Crippen LogP contribution in [0.4, 0.5) is 0 Å². The Kier molecular flexibility index (Phi) is 35.2. The van der Waals surface area contributed by atoms with Crippen molar-refractivity contribution in [1.82, 2.24) is 93.6 Å². The van der Waals surface area contributed by atoms with E-state index in [0.717, 1.165) is 4.90 Å². The van der Waals surface area contributed by atoms with Gasteiger partial charge in [-0.2, -0.15) is 11.8 Å². The van der Waals surface area contributed by atoms with Crippen molar-refractivity contribution in [2.45, 2.75) is 163 Å². The standard InChI is InChI=1S/C69H97N23O18S/c1-36(57(98)86-47(24-37-10-4-3-5-11-37)62(103)89-50(27-40-30-76-35-81-40)67(108)92-22-9-15-53(92)66(107)90-51(32-93)65(106)91-52(33-94)68(109)110)82-56(97)31-79-59(100)44(14-8-21-77-69(73)74)84-60(101)46(17-19-55(72)96)85-64(105)49(26-39-29-75-34-80-39)88-63(104)48(25-38-28-78-43-13-7-6-12-41(38)43)87-61(102)45(16-18-54(71)95)83-58(99)42(70)20-23-111-2/h3-7,10-13,28-30,34-36,42,44-53,78,93-94H,8-9,14-27,31-33,70H2,1-2H3,(H2,71,95)(H2,72,96)(H,75,80)(H,76,81)(H,79,100)(H,82,97)(H,83,99)(H,84,101)(H,85,105)(H,86,98)(H,87,102)(H,88,104)(H,89,103)(H,90,107)(H,91,106)(H,109,110)(H4,73,74,77)/t36-,42-,44-,45-,46-,47-,48-,49-,50-,51-,52-,53-/m0/s1. The van der Waals surface area contributed by atoms with E-state index in [0.29, 0.717) is 27.8 Å². The smallest absolute Gasteiger partial charge is 0.328 e. The lowest BCUT2D eigenvalue weighted by Gasteiger charge is -2.30. The molecule has 1 aliphatic heterocycles. The lowest BCUT2D eigenvalue weighted by atomic mass is 10.0. The second-order valence-electron chi connectivity index (χ2n) is 26.1. The van der Waals surface area contributed by atoms with Crippen molar-refractivity contribution >= 4 is 117 Å². The monoisotopic (exact) mass is 1570 g/mol. The van der Waals surface area contributed by atoms with Crippen molar-refractivity contribution in [3.8, 4) is 0 Å². The molecular formula is C69H97N23O18S. The van der Waals surface area contributed by atoms with Gasteiger partial charge in [-0.25, -0.2) is 14.8 Å². The van der Waals surface area contributed by atoms with Crippen LogP contribution in [0, 0.1) is 5.41 Å². The van der Waals surface area contributed by atoms with Crippen molar-refractivity contribution in [3.63, 3.8) is 0 Å². The van der Waals surface area contributed by atoms with Gasteiger partial charge >= 0.3 is 5.97 Å². The number of hydrogen-bond acceptors (Lipinski definition) is 22. The molecule has 0 spiro atoms. The van der Waals surface area contributed by atoms with Crippen LogP contribution in [0.5, 0.6) is 0 Å². The Hall–Kier alpha value is -12.1. The van der Waals surface area contributed by atoms with Gasteiger partial charge in [-0.05, 0) is 81.1 Å². The number of likely N-dealkylation sites (tertiary alicyclic amines) is 1. The number of carboxylic acids is 1. The van der Waals surface area contributed by atoms with Crippen molar-refractivity contribution in [2.24, 2.45) is 22.9 Å². The summed E-state index contributed by atoms with van der Waals surface area (Å²) in [5.41, 5.74) is 24.9. The molecule has 1 fully saturated rings. The van der Waals surface area contributed by atoms with E-state index in [9.17, 15) is 87.2 Å². The number of nitrogens with two attached hydrogens (primary N) is 4. The number of aliphatic carboxylic acids is 1. The predicted molar refractivity (Wildman–Crippen MR) is 398 cm³/mol. The first kappa shape index (κ1) is 87.9. The van der Waals surface area contributed by atoms with Gasteiger partial charge in [-0.3, -0.25) is 72.5 Å². The maximum absolute atomic E-state index is 14.8. The van der Waals surface area contributed by atoms with Crippen molar-refractivity contribution < 1.29 is 87.2 Å². The van der Waals surface area contributed by atoms with E-state index in [1.807, 2.05) is 11.6 Å². The summed E-state index contributed by atoms with van der Waals surface area (Å²) in [4.78, 5) is 224. The minimum atomic E-state index is -1.76. The molecule has 1 saturated heterocycles. The van der Waals surface area contributed by atoms with Gasteiger partial charge in [0.1, 0.15) is 66.5 Å². The van der Waals surface area contributed by atoms with Crippen molar-refractivity contribution in [2.75, 3.05) is 44.9 Å². The number of imidazole rings is 2. The number of thioether (sulfide) groups is 1. The second-order valence-corrected chi connectivity index (χ2v) is 27.1. The highest BCUT2D eigenvalue weighted by Gasteiger charge is 2.41. The summed E-state index contributed by atoms with van der Waals surface area (Å²) < 4.78 is 0. The molecule has 1 aliphatic rings. The number of primary amides is 2. The van der Waals surface area contributed by atoms with Crippen molar-refractivity contribution in [3.05, 3.63) is 108 Å². The first-order valence-corrected chi connectivity index (χ1v) is 36.9. The van der Waals surface area contributed by atoms with Gasteiger partial charge in [0, 0.05) is 81.1 Å². The van der Waals surface area contributed by atoms with Crippen LogP contribution in [-0.4, -0.2) is 257 Å². The number of aromatic amines is 3. The Morgan fingerprint density at radius 1 is 0.568 bits per heavy atom. The third-order valence-electron chi connectivity index (χ3n) is 17.7. The fourth-order valence-electron chi connectivity index (χ4n) is 11.7. The zero-order chi connectivity index (χ0) is 81.3. The average Bonchev–Trinajstić information content (AvgIpc) is 1.72. The van der Waals surface area contributed by atoms with Crippen LogP contribution >= 0.6 is 11.8 Å². The first-order chi connectivity index (χ1) is 53.0. The number of rotatable bonds is 47. The number of hydrogen-bond donors (Lipinski definition) is 23. The zero-order valence-corrected chi connectivity index (χ0v) is 61.8. The minimum Gasteiger partial charge on any atom is -0.480 e. The molecule has 42 heteroatoms. The maximum atomic E-state index is 14.8. The number of guanidine groups is 1. The van der Waals surface area contributed by atoms with Gasteiger partial charge < -0.3 is 122 Å². The third kappa shape index (κ3) is 28.5. The molecule has 41 nitrogen and oxygen atoms in total. The summed E-state index contributed by atoms with van der Waals surface area (Å²) in [5.74, 6) is -14.6. The third-order valence-corrected chi connectivity index (χ3v) is 18.3. The van der Waals surface area contributed by atoms with Crippen LogP contribution in [0.3, 0.4) is 0 Å². The van der Waals surface area contributed by atoms with Gasteiger partial charge in [0.2, 0.25) is 82.7 Å². The van der Waals surface area contributed by atoms with E-state index < -0.39 is 200 Å².